The van der Waals surface area contributed by atoms with Crippen LogP contribution in [0.15, 0.2) is 48.8 Å². The van der Waals surface area contributed by atoms with Crippen molar-refractivity contribution in [1.29, 1.82) is 0 Å². The first-order valence-corrected chi connectivity index (χ1v) is 12.3. The van der Waals surface area contributed by atoms with Crippen molar-refractivity contribution in [2.75, 3.05) is 36.1 Å². The SMILES string of the molecule is COc1cc(Nc2nc(-c3ccc(N4CCC5(C4)CC(F)(F)C5)nc3)nn2C)ccc1-c1ccnc(N)n1. The number of halogens is 2. The van der Waals surface area contributed by atoms with Crippen LogP contribution in [-0.2, 0) is 7.05 Å². The van der Waals surface area contributed by atoms with E-state index in [0.29, 0.717) is 29.8 Å². The predicted octanol–water partition coefficient (Wildman–Crippen LogP) is 4.29. The molecule has 4 aromatic rings. The molecule has 1 aliphatic heterocycles. The van der Waals surface area contributed by atoms with Crippen molar-refractivity contribution >= 4 is 23.4 Å². The van der Waals surface area contributed by atoms with Gasteiger partial charge in [0.25, 0.3) is 0 Å². The van der Waals surface area contributed by atoms with E-state index in [0.717, 1.165) is 35.6 Å². The molecule has 12 heteroatoms. The van der Waals surface area contributed by atoms with E-state index in [1.54, 1.807) is 37.3 Å². The number of nitrogens with one attached hydrogen (secondary N) is 1. The number of pyridine rings is 1. The van der Waals surface area contributed by atoms with E-state index in [4.69, 9.17) is 10.5 Å². The fourth-order valence-electron chi connectivity index (χ4n) is 5.42. The van der Waals surface area contributed by atoms with Gasteiger partial charge in [0, 0.05) is 73.7 Å². The van der Waals surface area contributed by atoms with E-state index in [-0.39, 0.29) is 24.2 Å². The van der Waals surface area contributed by atoms with Gasteiger partial charge in [-0.25, -0.2) is 28.4 Å². The summed E-state index contributed by atoms with van der Waals surface area (Å²) in [5.74, 6) is 0.135. The van der Waals surface area contributed by atoms with Crippen molar-refractivity contribution in [1.82, 2.24) is 29.7 Å². The normalized spacial score (nSPS) is 17.4. The second kappa shape index (κ2) is 8.89. The van der Waals surface area contributed by atoms with Crippen LogP contribution < -0.4 is 20.7 Å². The van der Waals surface area contributed by atoms with Gasteiger partial charge < -0.3 is 20.7 Å². The summed E-state index contributed by atoms with van der Waals surface area (Å²) >= 11 is 0. The zero-order valence-corrected chi connectivity index (χ0v) is 21.0. The molecule has 0 atom stereocenters. The second-order valence-corrected chi connectivity index (χ2v) is 10.0. The first-order valence-electron chi connectivity index (χ1n) is 12.3. The van der Waals surface area contributed by atoms with E-state index in [1.807, 2.05) is 30.3 Å². The summed E-state index contributed by atoms with van der Waals surface area (Å²) in [6.07, 6.45) is 4.06. The largest absolute Gasteiger partial charge is 0.496 e. The maximum absolute atomic E-state index is 13.4. The number of alkyl halides is 2. The molecule has 1 aromatic carbocycles. The highest BCUT2D eigenvalue weighted by Gasteiger charge is 2.58. The van der Waals surface area contributed by atoms with Gasteiger partial charge in [-0.3, -0.25) is 0 Å². The van der Waals surface area contributed by atoms with Gasteiger partial charge >= 0.3 is 0 Å². The van der Waals surface area contributed by atoms with Crippen LogP contribution in [0.25, 0.3) is 22.6 Å². The number of nitrogens with zero attached hydrogens (tertiary/aromatic N) is 7. The van der Waals surface area contributed by atoms with Crippen molar-refractivity contribution in [3.05, 3.63) is 48.8 Å². The van der Waals surface area contributed by atoms with Gasteiger partial charge in [-0.1, -0.05) is 0 Å². The maximum Gasteiger partial charge on any atom is 0.249 e. The molecule has 4 heterocycles. The number of rotatable bonds is 6. The lowest BCUT2D eigenvalue weighted by atomic mass is 9.65. The molecule has 2 aliphatic rings. The Balaban J connectivity index is 1.17. The number of aromatic nitrogens is 6. The topological polar surface area (TPSA) is 120 Å². The summed E-state index contributed by atoms with van der Waals surface area (Å²) in [7, 11) is 3.39. The maximum atomic E-state index is 13.4. The first-order chi connectivity index (χ1) is 18.2. The van der Waals surface area contributed by atoms with Crippen LogP contribution >= 0.6 is 0 Å². The molecule has 3 N–H and O–H groups in total. The van der Waals surface area contributed by atoms with Gasteiger partial charge in [-0.2, -0.15) is 4.98 Å². The molecule has 0 amide bonds. The third kappa shape index (κ3) is 4.46. The Morgan fingerprint density at radius 2 is 1.92 bits per heavy atom. The number of ether oxygens (including phenoxy) is 1. The van der Waals surface area contributed by atoms with Gasteiger partial charge in [0.15, 0.2) is 5.82 Å². The molecule has 0 bridgehead atoms. The van der Waals surface area contributed by atoms with Crippen molar-refractivity contribution in [3.8, 4) is 28.4 Å². The molecule has 1 saturated heterocycles. The molecule has 2 fully saturated rings. The Kier molecular flexibility index (Phi) is 5.62. The third-order valence-electron chi connectivity index (χ3n) is 7.21. The number of hydrogen-bond acceptors (Lipinski definition) is 9. The summed E-state index contributed by atoms with van der Waals surface area (Å²) in [4.78, 5) is 19.5. The van der Waals surface area contributed by atoms with Gasteiger partial charge in [-0.05, 0) is 36.8 Å². The minimum atomic E-state index is -2.51. The summed E-state index contributed by atoms with van der Waals surface area (Å²) in [6.45, 7) is 1.36. The molecule has 1 spiro atoms. The number of aryl methyl sites for hydroxylation is 1. The minimum absolute atomic E-state index is 0.0218. The van der Waals surface area contributed by atoms with Gasteiger partial charge in [-0.15, -0.1) is 5.10 Å². The average Bonchev–Trinajstić information content (AvgIpc) is 3.47. The Labute approximate surface area is 217 Å². The average molecular weight is 520 g/mol. The quantitative estimate of drug-likeness (QED) is 0.384. The zero-order chi connectivity index (χ0) is 26.5. The van der Waals surface area contributed by atoms with Crippen LogP contribution in [0.1, 0.15) is 19.3 Å². The van der Waals surface area contributed by atoms with E-state index in [9.17, 15) is 8.78 Å². The van der Waals surface area contributed by atoms with Crippen LogP contribution in [0.2, 0.25) is 0 Å². The van der Waals surface area contributed by atoms with Gasteiger partial charge in [0.1, 0.15) is 11.6 Å². The van der Waals surface area contributed by atoms with E-state index < -0.39 is 5.92 Å². The van der Waals surface area contributed by atoms with Crippen LogP contribution in [0.5, 0.6) is 5.75 Å². The smallest absolute Gasteiger partial charge is 0.249 e. The summed E-state index contributed by atoms with van der Waals surface area (Å²) in [5, 5.41) is 7.80. The first kappa shape index (κ1) is 24.0. The molecule has 0 unspecified atom stereocenters. The number of nitrogens with two attached hydrogens (primary N) is 1. The van der Waals surface area contributed by atoms with E-state index in [2.05, 4.69) is 35.3 Å². The molecule has 196 valence electrons. The molecule has 6 rings (SSSR count). The number of nitrogen functional groups attached to an aromatic ring is 1. The molecule has 0 radical (unpaired) electrons. The van der Waals surface area contributed by atoms with Crippen LogP contribution in [0.4, 0.5) is 32.2 Å². The van der Waals surface area contributed by atoms with Crippen molar-refractivity contribution in [3.63, 3.8) is 0 Å². The minimum Gasteiger partial charge on any atom is -0.496 e. The lowest BCUT2D eigenvalue weighted by Gasteiger charge is -2.44. The predicted molar refractivity (Wildman–Crippen MR) is 139 cm³/mol. The van der Waals surface area contributed by atoms with Gasteiger partial charge in [0.05, 0.1) is 12.8 Å². The highest BCUT2D eigenvalue weighted by molar-refractivity contribution is 5.72. The van der Waals surface area contributed by atoms with Crippen molar-refractivity contribution < 1.29 is 13.5 Å². The van der Waals surface area contributed by atoms with Gasteiger partial charge in [0.2, 0.25) is 17.8 Å². The molecular weight excluding hydrogens is 492 g/mol. The molecule has 1 saturated carbocycles. The highest BCUT2D eigenvalue weighted by Crippen LogP contribution is 2.56. The number of benzene rings is 1. The molecule has 38 heavy (non-hydrogen) atoms. The number of anilines is 4. The van der Waals surface area contributed by atoms with Crippen molar-refractivity contribution in [2.24, 2.45) is 12.5 Å². The fraction of sp³-hybridized carbons (Fsp3) is 0.346. The monoisotopic (exact) mass is 519 g/mol. The fourth-order valence-corrected chi connectivity index (χ4v) is 5.42. The Morgan fingerprint density at radius 3 is 2.63 bits per heavy atom. The molecular formula is C26H27F2N9O. The highest BCUT2D eigenvalue weighted by atomic mass is 19.3. The van der Waals surface area contributed by atoms with Crippen molar-refractivity contribution in [2.45, 2.75) is 25.2 Å². The zero-order valence-electron chi connectivity index (χ0n) is 21.0. The third-order valence-corrected chi connectivity index (χ3v) is 7.21. The van der Waals surface area contributed by atoms with E-state index >= 15 is 0 Å². The standard InChI is InChI=1S/C26H27F2N9O/c1-36-24(32-17-4-5-18(20(11-17)38-2)19-7-9-30-23(29)33-19)34-22(35-36)16-3-6-21(31-12-16)37-10-8-25(15-37)13-26(27,28)14-25/h3-7,9,11-12H,8,10,13-15H2,1-2H3,(H2,29,30,33)(H,32,34,35). The Hall–Kier alpha value is -4.35. The lowest BCUT2D eigenvalue weighted by Crippen LogP contribution is -2.47. The summed E-state index contributed by atoms with van der Waals surface area (Å²) < 4.78 is 34.1. The lowest BCUT2D eigenvalue weighted by molar-refractivity contribution is -0.152. The number of methoxy groups -OCH3 is 1. The van der Waals surface area contributed by atoms with Crippen LogP contribution in [0, 0.1) is 5.41 Å². The van der Waals surface area contributed by atoms with Crippen LogP contribution in [-0.4, -0.2) is 55.8 Å². The Bertz CT molecular complexity index is 1480. The second-order valence-electron chi connectivity index (χ2n) is 10.0. The summed E-state index contributed by atoms with van der Waals surface area (Å²) in [5.41, 5.74) is 8.42. The molecule has 10 nitrogen and oxygen atoms in total. The number of hydrogen-bond donors (Lipinski definition) is 2. The van der Waals surface area contributed by atoms with E-state index in [1.165, 1.54) is 0 Å². The summed E-state index contributed by atoms with van der Waals surface area (Å²) in [6, 6.07) is 11.2. The van der Waals surface area contributed by atoms with Crippen LogP contribution in [0.3, 0.4) is 0 Å². The molecule has 1 aliphatic carbocycles. The molecule has 3 aromatic heterocycles. The Morgan fingerprint density at radius 1 is 1.08 bits per heavy atom.